The van der Waals surface area contributed by atoms with E-state index in [0.717, 1.165) is 12.8 Å². The van der Waals surface area contributed by atoms with Crippen molar-refractivity contribution in [3.05, 3.63) is 0 Å². The first-order chi connectivity index (χ1) is 13.8. The molecule has 0 aromatic heterocycles. The van der Waals surface area contributed by atoms with E-state index in [2.05, 4.69) is 19.1 Å². The smallest absolute Gasteiger partial charge is 0.222 e. The van der Waals surface area contributed by atoms with Gasteiger partial charge >= 0.3 is 0 Å². The summed E-state index contributed by atoms with van der Waals surface area (Å²) in [5, 5.41) is 17.4. The van der Waals surface area contributed by atoms with Crippen molar-refractivity contribution in [1.82, 2.24) is 4.90 Å². The zero-order chi connectivity index (χ0) is 20.7. The van der Waals surface area contributed by atoms with Gasteiger partial charge in [-0.2, -0.15) is 10.5 Å². The minimum Gasteiger partial charge on any atom is -0.341 e. The Morgan fingerprint density at radius 2 is 1.00 bits per heavy atom. The van der Waals surface area contributed by atoms with E-state index in [1.807, 2.05) is 0 Å². The van der Waals surface area contributed by atoms with Gasteiger partial charge in [-0.3, -0.25) is 4.79 Å². The Morgan fingerprint density at radius 3 is 1.36 bits per heavy atom. The predicted octanol–water partition coefficient (Wildman–Crippen LogP) is 6.90. The van der Waals surface area contributed by atoms with Gasteiger partial charge in [0.15, 0.2) is 0 Å². The summed E-state index contributed by atoms with van der Waals surface area (Å²) < 4.78 is 0. The lowest BCUT2D eigenvalue weighted by molar-refractivity contribution is -0.131. The highest BCUT2D eigenvalue weighted by molar-refractivity contribution is 5.76. The highest BCUT2D eigenvalue weighted by Gasteiger charge is 2.12. The quantitative estimate of drug-likeness (QED) is 0.213. The summed E-state index contributed by atoms with van der Waals surface area (Å²) in [6, 6.07) is 4.15. The molecule has 0 heterocycles. The molecule has 0 aliphatic heterocycles. The number of nitriles is 2. The summed E-state index contributed by atoms with van der Waals surface area (Å²) in [7, 11) is 0. The van der Waals surface area contributed by atoms with Gasteiger partial charge < -0.3 is 4.90 Å². The maximum Gasteiger partial charge on any atom is 0.222 e. The first kappa shape index (κ1) is 26.4. The zero-order valence-electron chi connectivity index (χ0n) is 18.4. The molecule has 0 aliphatic rings. The predicted molar refractivity (Wildman–Crippen MR) is 117 cm³/mol. The van der Waals surface area contributed by atoms with Crippen molar-refractivity contribution in [1.29, 1.82) is 10.5 Å². The fraction of sp³-hybridized carbons (Fsp3) is 0.875. The van der Waals surface area contributed by atoms with Gasteiger partial charge in [-0.15, -0.1) is 0 Å². The molecule has 0 rings (SSSR count). The van der Waals surface area contributed by atoms with Crippen LogP contribution in [0, 0.1) is 22.7 Å². The highest BCUT2D eigenvalue weighted by Crippen LogP contribution is 2.14. The number of carbonyl (C=O) groups is 1. The molecule has 4 nitrogen and oxygen atoms in total. The minimum absolute atomic E-state index is 0.0974. The molecular formula is C24H43N3O. The van der Waals surface area contributed by atoms with Gasteiger partial charge in [0.05, 0.1) is 25.0 Å². The molecule has 0 aromatic carbocycles. The second kappa shape index (κ2) is 21.7. The van der Waals surface area contributed by atoms with Crippen molar-refractivity contribution < 1.29 is 4.79 Å². The fourth-order valence-corrected chi connectivity index (χ4v) is 3.54. The zero-order valence-corrected chi connectivity index (χ0v) is 18.4. The topological polar surface area (TPSA) is 67.9 Å². The monoisotopic (exact) mass is 389 g/mol. The van der Waals surface area contributed by atoms with Crippen LogP contribution in [-0.2, 0) is 4.79 Å². The maximum atomic E-state index is 12.2. The van der Waals surface area contributed by atoms with E-state index < -0.39 is 0 Å². The Kier molecular flexibility index (Phi) is 20.5. The number of hydrogen-bond donors (Lipinski definition) is 0. The van der Waals surface area contributed by atoms with Gasteiger partial charge in [0.1, 0.15) is 0 Å². The number of amides is 1. The van der Waals surface area contributed by atoms with Crippen LogP contribution < -0.4 is 0 Å². The molecule has 160 valence electrons. The lowest BCUT2D eigenvalue weighted by Gasteiger charge is -2.20. The average Bonchev–Trinajstić information content (AvgIpc) is 2.70. The van der Waals surface area contributed by atoms with Gasteiger partial charge in [0, 0.05) is 19.5 Å². The van der Waals surface area contributed by atoms with Crippen molar-refractivity contribution in [2.45, 2.75) is 122 Å². The normalized spacial score (nSPS) is 10.4. The van der Waals surface area contributed by atoms with Gasteiger partial charge in [-0.05, 0) is 6.42 Å². The summed E-state index contributed by atoms with van der Waals surface area (Å²) in [5.74, 6) is 0.0974. The van der Waals surface area contributed by atoms with Crippen molar-refractivity contribution in [2.75, 3.05) is 13.1 Å². The Balaban J connectivity index is 3.44. The van der Waals surface area contributed by atoms with E-state index in [9.17, 15) is 4.79 Å². The van der Waals surface area contributed by atoms with E-state index in [4.69, 9.17) is 10.5 Å². The van der Waals surface area contributed by atoms with Crippen LogP contribution in [-0.4, -0.2) is 23.9 Å². The molecular weight excluding hydrogens is 346 g/mol. The summed E-state index contributed by atoms with van der Waals surface area (Å²) in [5.41, 5.74) is 0. The first-order valence-electron chi connectivity index (χ1n) is 11.8. The molecule has 0 spiro atoms. The van der Waals surface area contributed by atoms with Crippen LogP contribution in [0.1, 0.15) is 122 Å². The first-order valence-corrected chi connectivity index (χ1v) is 11.8. The van der Waals surface area contributed by atoms with Crippen molar-refractivity contribution >= 4 is 5.91 Å². The van der Waals surface area contributed by atoms with Crippen LogP contribution in [0.4, 0.5) is 0 Å². The molecule has 0 fully saturated rings. The Labute approximate surface area is 174 Å². The van der Waals surface area contributed by atoms with E-state index in [0.29, 0.717) is 32.4 Å². The molecule has 0 bridgehead atoms. The van der Waals surface area contributed by atoms with Gasteiger partial charge in [-0.1, -0.05) is 96.8 Å². The Bertz CT molecular complexity index is 418. The lowest BCUT2D eigenvalue weighted by atomic mass is 10.0. The van der Waals surface area contributed by atoms with E-state index >= 15 is 0 Å². The number of nitrogens with zero attached hydrogens (tertiary/aromatic N) is 3. The molecule has 0 aromatic rings. The molecule has 1 amide bonds. The van der Waals surface area contributed by atoms with E-state index in [1.54, 1.807) is 4.90 Å². The second-order valence-electron chi connectivity index (χ2n) is 7.90. The van der Waals surface area contributed by atoms with Crippen LogP contribution >= 0.6 is 0 Å². The maximum absolute atomic E-state index is 12.2. The van der Waals surface area contributed by atoms with Crippen LogP contribution in [0.2, 0.25) is 0 Å². The standard InChI is InChI=1S/C24H43N3O/c1-2-3-4-5-6-7-8-9-10-11-12-13-14-15-16-19-24(28)27(22-17-20-25)23-18-21-26/h2-19,22-23H2,1H3. The SMILES string of the molecule is CCCCCCCCCCCCCCCCCC(=O)N(CCC#N)CCC#N. The summed E-state index contributed by atoms with van der Waals surface area (Å²) >= 11 is 0. The van der Waals surface area contributed by atoms with Crippen LogP contribution in [0.25, 0.3) is 0 Å². The molecule has 4 heteroatoms. The number of hydrogen-bond acceptors (Lipinski definition) is 3. The van der Waals surface area contributed by atoms with Gasteiger partial charge in [0.2, 0.25) is 5.91 Å². The Morgan fingerprint density at radius 1 is 0.643 bits per heavy atom. The number of carbonyl (C=O) groups excluding carboxylic acids is 1. The van der Waals surface area contributed by atoms with Crippen LogP contribution in [0.5, 0.6) is 0 Å². The molecule has 0 radical (unpaired) electrons. The molecule has 0 saturated carbocycles. The number of rotatable bonds is 20. The van der Waals surface area contributed by atoms with E-state index in [-0.39, 0.29) is 5.91 Å². The molecule has 28 heavy (non-hydrogen) atoms. The molecule has 0 aliphatic carbocycles. The lowest BCUT2D eigenvalue weighted by Crippen LogP contribution is -2.32. The van der Waals surface area contributed by atoms with Gasteiger partial charge in [0.25, 0.3) is 0 Å². The molecule has 0 unspecified atom stereocenters. The number of unbranched alkanes of at least 4 members (excludes halogenated alkanes) is 14. The van der Waals surface area contributed by atoms with Crippen molar-refractivity contribution in [2.24, 2.45) is 0 Å². The molecule has 0 atom stereocenters. The summed E-state index contributed by atoms with van der Waals surface area (Å²) in [6.07, 6.45) is 21.0. The van der Waals surface area contributed by atoms with Crippen LogP contribution in [0.3, 0.4) is 0 Å². The second-order valence-corrected chi connectivity index (χ2v) is 7.90. The minimum atomic E-state index is 0.0974. The third kappa shape index (κ3) is 17.8. The third-order valence-electron chi connectivity index (χ3n) is 5.33. The van der Waals surface area contributed by atoms with Crippen LogP contribution in [0.15, 0.2) is 0 Å². The molecule has 0 saturated heterocycles. The fourth-order valence-electron chi connectivity index (χ4n) is 3.54. The largest absolute Gasteiger partial charge is 0.341 e. The summed E-state index contributed by atoms with van der Waals surface area (Å²) in [6.45, 7) is 3.18. The van der Waals surface area contributed by atoms with Gasteiger partial charge in [-0.25, -0.2) is 0 Å². The highest BCUT2D eigenvalue weighted by atomic mass is 16.2. The van der Waals surface area contributed by atoms with Crippen molar-refractivity contribution in [3.8, 4) is 12.1 Å². The van der Waals surface area contributed by atoms with E-state index in [1.165, 1.54) is 83.5 Å². The molecule has 0 N–H and O–H groups in total. The van der Waals surface area contributed by atoms with Crippen molar-refractivity contribution in [3.63, 3.8) is 0 Å². The Hall–Kier alpha value is -1.55. The summed E-state index contributed by atoms with van der Waals surface area (Å²) in [4.78, 5) is 13.9. The average molecular weight is 390 g/mol. The third-order valence-corrected chi connectivity index (χ3v) is 5.33.